The summed E-state index contributed by atoms with van der Waals surface area (Å²) in [5.41, 5.74) is 1.85. The molecule has 2 radical (unpaired) electrons. The van der Waals surface area contributed by atoms with Gasteiger partial charge in [-0.2, -0.15) is 0 Å². The van der Waals surface area contributed by atoms with E-state index in [4.69, 9.17) is 37.1 Å². The number of benzene rings is 1. The topological polar surface area (TPSA) is 138 Å². The molecule has 210 valence electrons. The first-order chi connectivity index (χ1) is 17.7. The van der Waals surface area contributed by atoms with Crippen LogP contribution in [0.2, 0.25) is 18.1 Å². The van der Waals surface area contributed by atoms with E-state index in [0.717, 1.165) is 11.1 Å². The first-order valence-corrected chi connectivity index (χ1v) is 12.4. The molecule has 0 bridgehead atoms. The van der Waals surface area contributed by atoms with Crippen LogP contribution in [0.15, 0.2) is 43.0 Å². The molecule has 0 aliphatic rings. The zero-order chi connectivity index (χ0) is 30.9. The molecule has 0 amide bonds. The van der Waals surface area contributed by atoms with E-state index < -0.39 is 8.32 Å². The van der Waals surface area contributed by atoms with E-state index in [1.807, 2.05) is 24.3 Å². The minimum Gasteiger partial charge on any atom is 0 e. The average molecular weight is 638 g/mol. The summed E-state index contributed by atoms with van der Waals surface area (Å²) >= 11 is 0. The number of hydrogen-bond donors (Lipinski definition) is 0. The third-order valence-electron chi connectivity index (χ3n) is 4.19. The van der Waals surface area contributed by atoms with Gasteiger partial charge in [-0.1, -0.05) is 69.2 Å². The predicted octanol–water partition coefficient (Wildman–Crippen LogP) is 5.01. The van der Waals surface area contributed by atoms with Crippen LogP contribution >= 0.6 is 0 Å². The fourth-order valence-corrected chi connectivity index (χ4v) is 2.76. The van der Waals surface area contributed by atoms with Crippen LogP contribution in [0.1, 0.15) is 31.9 Å². The van der Waals surface area contributed by atoms with Gasteiger partial charge in [0.2, 0.25) is 8.32 Å². The molecule has 0 fully saturated rings. The molecule has 1 rings (SSSR count). The predicted molar refractivity (Wildman–Crippen MR) is 133 cm³/mol. The van der Waals surface area contributed by atoms with Crippen molar-refractivity contribution in [2.45, 2.75) is 38.9 Å². The van der Waals surface area contributed by atoms with E-state index in [9.17, 15) is 0 Å². The van der Waals surface area contributed by atoms with E-state index in [1.165, 1.54) is 0 Å². The minimum atomic E-state index is -1.92. The Bertz CT molecular complexity index is 974. The van der Waals surface area contributed by atoms with Crippen molar-refractivity contribution < 1.29 is 70.6 Å². The molecule has 0 saturated carbocycles. The fourth-order valence-electron chi connectivity index (χ4n) is 1.73. The first kappa shape index (κ1) is 56.4. The molecule has 39 heavy (non-hydrogen) atoms. The van der Waals surface area contributed by atoms with Gasteiger partial charge in [0.25, 0.3) is 0 Å². The van der Waals surface area contributed by atoms with Crippen LogP contribution in [-0.2, 0) is 70.6 Å². The molecular formula is C28H28Co2O8Si. The number of methoxy groups -OCH3 is 1. The van der Waals surface area contributed by atoms with E-state index in [-0.39, 0.29) is 38.6 Å². The van der Waals surface area contributed by atoms with Gasteiger partial charge in [0.1, 0.15) is 12.4 Å². The molecule has 1 aromatic carbocycles. The monoisotopic (exact) mass is 638 g/mol. The van der Waals surface area contributed by atoms with Gasteiger partial charge < -0.3 is 9.16 Å². The maximum Gasteiger partial charge on any atom is 0 e. The van der Waals surface area contributed by atoms with Crippen LogP contribution in [0.5, 0.6) is 0 Å². The number of ether oxygens (including phenoxy) is 1. The molecule has 1 aromatic rings. The SMILES string of the molecule is C=C(O[Si](C)(C)C(C)(C)C)c1ccccc1C#C/C=C\C#CCOC.[C-]#[O+].[C-]#[O+].[C-]#[O+].[C-]#[O+].[C-]#[O+].[C-]#[O+].[Co].[Co]. The van der Waals surface area contributed by atoms with Gasteiger partial charge in [-0.15, -0.1) is 0 Å². The number of hydrogen-bond acceptors (Lipinski definition) is 2. The standard InChI is InChI=1S/C22H28O2Si.6CO.2Co/c1-19(24-25(6,7)22(2,3)4)21-17-13-12-16-20(21)15-11-9-8-10-14-18-23-5;6*1-2;;/h8-9,12-13,16-17H,1,18H2,2-7H3;;;;;;;;/b9-8-;;;;;;;;. The van der Waals surface area contributed by atoms with E-state index in [2.05, 4.69) is 104 Å². The second-order valence-corrected chi connectivity index (χ2v) is 11.9. The normalized spacial score (nSPS) is 7.54. The van der Waals surface area contributed by atoms with Crippen molar-refractivity contribution in [3.63, 3.8) is 0 Å². The number of allylic oxidation sites excluding steroid dienone is 2. The van der Waals surface area contributed by atoms with Crippen LogP contribution in [0.4, 0.5) is 0 Å². The van der Waals surface area contributed by atoms with Gasteiger partial charge in [-0.25, -0.2) is 0 Å². The van der Waals surface area contributed by atoms with Crippen LogP contribution in [0, 0.1) is 63.6 Å². The maximum atomic E-state index is 7.50. The number of rotatable bonds is 4. The second-order valence-electron chi connectivity index (χ2n) is 7.19. The van der Waals surface area contributed by atoms with Crippen molar-refractivity contribution in [3.05, 3.63) is 94.0 Å². The van der Waals surface area contributed by atoms with Gasteiger partial charge in [0.15, 0.2) is 0 Å². The molecule has 0 aliphatic heterocycles. The minimum absolute atomic E-state index is 0. The van der Waals surface area contributed by atoms with Crippen molar-refractivity contribution in [2.24, 2.45) is 0 Å². The molecule has 0 heterocycles. The molecular weight excluding hydrogens is 610 g/mol. The largest absolute Gasteiger partial charge is 0 e. The van der Waals surface area contributed by atoms with Crippen LogP contribution in [0.25, 0.3) is 5.76 Å². The van der Waals surface area contributed by atoms with E-state index in [1.54, 1.807) is 19.3 Å². The summed E-state index contributed by atoms with van der Waals surface area (Å²) in [5.74, 6) is 12.6. The zero-order valence-electron chi connectivity index (χ0n) is 22.3. The fraction of sp³-hybridized carbons (Fsp3) is 0.286. The Kier molecular flexibility index (Phi) is 61.3. The molecule has 0 spiro atoms. The van der Waals surface area contributed by atoms with Gasteiger partial charge in [0.05, 0.1) is 0 Å². The quantitative estimate of drug-likeness (QED) is 0.151. The smallest absolute Gasteiger partial charge is 0 e. The van der Waals surface area contributed by atoms with Crippen molar-refractivity contribution >= 4 is 14.1 Å². The maximum absolute atomic E-state index is 7.50. The molecule has 8 nitrogen and oxygen atoms in total. The Morgan fingerprint density at radius 3 is 1.67 bits per heavy atom. The summed E-state index contributed by atoms with van der Waals surface area (Å²) < 4.78 is 56.2. The molecule has 0 atom stereocenters. The molecule has 0 saturated heterocycles. The Labute approximate surface area is 254 Å². The Morgan fingerprint density at radius 2 is 1.26 bits per heavy atom. The molecule has 0 aliphatic carbocycles. The first-order valence-electron chi connectivity index (χ1n) is 9.53. The summed E-state index contributed by atoms with van der Waals surface area (Å²) in [7, 11) is -0.303. The Morgan fingerprint density at radius 1 is 0.846 bits per heavy atom. The molecule has 0 N–H and O–H groups in total. The summed E-state index contributed by atoms with van der Waals surface area (Å²) in [6.07, 6.45) is 3.45. The van der Waals surface area contributed by atoms with Gasteiger partial charge in [-0.3, -0.25) is 0 Å². The van der Waals surface area contributed by atoms with E-state index in [0.29, 0.717) is 12.4 Å². The Hall–Kier alpha value is -2.75. The molecule has 0 unspecified atom stereocenters. The second kappa shape index (κ2) is 42.3. The van der Waals surface area contributed by atoms with Crippen LogP contribution in [0.3, 0.4) is 0 Å². The van der Waals surface area contributed by atoms with E-state index >= 15 is 0 Å². The van der Waals surface area contributed by atoms with Crippen LogP contribution in [-0.4, -0.2) is 22.0 Å². The van der Waals surface area contributed by atoms with Gasteiger partial charge in [-0.05, 0) is 36.4 Å². The summed E-state index contributed by atoms with van der Waals surface area (Å²) in [5, 5.41) is 0.125. The van der Waals surface area contributed by atoms with Gasteiger partial charge in [0, 0.05) is 51.8 Å². The van der Waals surface area contributed by atoms with Gasteiger partial charge >= 0.3 is 67.8 Å². The molecule has 0 aromatic heterocycles. The van der Waals surface area contributed by atoms with Crippen molar-refractivity contribution in [3.8, 4) is 23.7 Å². The molecule has 11 heteroatoms. The zero-order valence-corrected chi connectivity index (χ0v) is 25.4. The van der Waals surface area contributed by atoms with Crippen molar-refractivity contribution in [2.75, 3.05) is 13.7 Å². The average Bonchev–Trinajstić information content (AvgIpc) is 2.94. The van der Waals surface area contributed by atoms with Crippen molar-refractivity contribution in [1.29, 1.82) is 0 Å². The summed E-state index contributed by atoms with van der Waals surface area (Å²) in [4.78, 5) is 0. The van der Waals surface area contributed by atoms with Crippen molar-refractivity contribution in [1.82, 2.24) is 0 Å². The van der Waals surface area contributed by atoms with Crippen LogP contribution < -0.4 is 0 Å². The summed E-state index contributed by atoms with van der Waals surface area (Å²) in [6.45, 7) is 42.7. The summed E-state index contributed by atoms with van der Waals surface area (Å²) in [6, 6.07) is 7.93. The Balaban J connectivity index is -0.000000101. The third kappa shape index (κ3) is 31.4. The third-order valence-corrected chi connectivity index (χ3v) is 8.56.